The first-order chi connectivity index (χ1) is 12.8. The summed E-state index contributed by atoms with van der Waals surface area (Å²) in [5, 5.41) is 2.94. The van der Waals surface area contributed by atoms with Crippen molar-refractivity contribution in [3.8, 4) is 5.75 Å². The van der Waals surface area contributed by atoms with Gasteiger partial charge in [0, 0.05) is 28.8 Å². The number of carbonyl (C=O) groups excluding carboxylic acids is 2. The van der Waals surface area contributed by atoms with Crippen LogP contribution in [-0.4, -0.2) is 24.5 Å². The number of amides is 2. The summed E-state index contributed by atoms with van der Waals surface area (Å²) in [7, 11) is 0. The van der Waals surface area contributed by atoms with Gasteiger partial charge in [-0.2, -0.15) is 0 Å². The van der Waals surface area contributed by atoms with Crippen LogP contribution in [-0.2, 0) is 9.59 Å². The average molecular weight is 431 g/mol. The second-order valence-corrected chi connectivity index (χ2v) is 7.93. The monoisotopic (exact) mass is 430 g/mol. The summed E-state index contributed by atoms with van der Waals surface area (Å²) < 4.78 is 6.60. The van der Waals surface area contributed by atoms with Crippen molar-refractivity contribution in [3.05, 3.63) is 52.5 Å². The Morgan fingerprint density at radius 3 is 2.56 bits per heavy atom. The van der Waals surface area contributed by atoms with Crippen molar-refractivity contribution < 1.29 is 14.3 Å². The smallest absolute Gasteiger partial charge is 0.229 e. The number of hydrogen-bond donors (Lipinski definition) is 1. The van der Waals surface area contributed by atoms with Crippen LogP contribution < -0.4 is 15.0 Å². The van der Waals surface area contributed by atoms with Crippen LogP contribution in [0.3, 0.4) is 0 Å². The maximum Gasteiger partial charge on any atom is 0.229 e. The van der Waals surface area contributed by atoms with E-state index in [1.165, 1.54) is 0 Å². The van der Waals surface area contributed by atoms with Gasteiger partial charge in [0.25, 0.3) is 0 Å². The molecule has 0 unspecified atom stereocenters. The highest BCUT2D eigenvalue weighted by Gasteiger charge is 2.35. The number of anilines is 2. The molecule has 1 saturated heterocycles. The van der Waals surface area contributed by atoms with Crippen LogP contribution >= 0.6 is 15.9 Å². The highest BCUT2D eigenvalue weighted by molar-refractivity contribution is 9.10. The molecule has 0 spiro atoms. The summed E-state index contributed by atoms with van der Waals surface area (Å²) in [6, 6.07) is 13.1. The number of nitrogens with one attached hydrogen (secondary N) is 1. The Labute approximate surface area is 167 Å². The number of hydrogen-bond acceptors (Lipinski definition) is 3. The van der Waals surface area contributed by atoms with Crippen molar-refractivity contribution in [3.63, 3.8) is 0 Å². The third-order valence-corrected chi connectivity index (χ3v) is 4.96. The minimum Gasteiger partial charge on any atom is -0.491 e. The van der Waals surface area contributed by atoms with Gasteiger partial charge in [-0.25, -0.2) is 0 Å². The molecule has 5 nitrogen and oxygen atoms in total. The number of carbonyl (C=O) groups is 2. The second kappa shape index (κ2) is 8.13. The lowest BCUT2D eigenvalue weighted by atomic mass is 10.1. The molecule has 0 aromatic heterocycles. The molecule has 3 rings (SSSR count). The molecule has 27 heavy (non-hydrogen) atoms. The molecule has 2 aromatic carbocycles. The highest BCUT2D eigenvalue weighted by atomic mass is 79.9. The molecule has 1 aliphatic rings. The van der Waals surface area contributed by atoms with Crippen molar-refractivity contribution in [2.24, 2.45) is 5.92 Å². The van der Waals surface area contributed by atoms with Gasteiger partial charge in [-0.3, -0.25) is 9.59 Å². The lowest BCUT2D eigenvalue weighted by Gasteiger charge is -2.18. The summed E-state index contributed by atoms with van der Waals surface area (Å²) in [5.41, 5.74) is 2.52. The number of rotatable bonds is 5. The number of halogens is 1. The van der Waals surface area contributed by atoms with E-state index in [0.717, 1.165) is 27.2 Å². The minimum absolute atomic E-state index is 0.0415. The van der Waals surface area contributed by atoms with E-state index in [0.29, 0.717) is 6.54 Å². The van der Waals surface area contributed by atoms with Gasteiger partial charge in [0.05, 0.1) is 12.0 Å². The number of ether oxygens (including phenoxy) is 1. The van der Waals surface area contributed by atoms with Crippen LogP contribution in [0.1, 0.15) is 25.8 Å². The molecule has 1 atom stereocenters. The van der Waals surface area contributed by atoms with Crippen LogP contribution in [0.5, 0.6) is 5.75 Å². The van der Waals surface area contributed by atoms with Crippen molar-refractivity contribution >= 4 is 39.1 Å². The Morgan fingerprint density at radius 1 is 1.22 bits per heavy atom. The van der Waals surface area contributed by atoms with Gasteiger partial charge in [0.1, 0.15) is 5.75 Å². The van der Waals surface area contributed by atoms with E-state index in [1.54, 1.807) is 4.90 Å². The molecule has 1 N–H and O–H groups in total. The zero-order valence-corrected chi connectivity index (χ0v) is 17.2. The molecular weight excluding hydrogens is 408 g/mol. The SMILES string of the molecule is Cc1cc(Br)ccc1NC(=O)[C@@H]1CC(=O)N(c2ccc(OC(C)C)cc2)C1. The Kier molecular flexibility index (Phi) is 5.85. The molecule has 142 valence electrons. The van der Waals surface area contributed by atoms with Crippen LogP contribution in [0.25, 0.3) is 0 Å². The Morgan fingerprint density at radius 2 is 1.93 bits per heavy atom. The predicted octanol–water partition coefficient (Wildman–Crippen LogP) is 4.54. The molecule has 2 amide bonds. The van der Waals surface area contributed by atoms with Gasteiger partial charge in [0.2, 0.25) is 11.8 Å². The fourth-order valence-corrected chi connectivity index (χ4v) is 3.59. The lowest BCUT2D eigenvalue weighted by Crippen LogP contribution is -2.28. The van der Waals surface area contributed by atoms with Crippen LogP contribution in [0.4, 0.5) is 11.4 Å². The molecule has 0 aliphatic carbocycles. The van der Waals surface area contributed by atoms with Gasteiger partial charge in [0.15, 0.2) is 0 Å². The van der Waals surface area contributed by atoms with E-state index in [2.05, 4.69) is 21.2 Å². The van der Waals surface area contributed by atoms with Crippen LogP contribution in [0.15, 0.2) is 46.9 Å². The average Bonchev–Trinajstić information content (AvgIpc) is 2.99. The summed E-state index contributed by atoms with van der Waals surface area (Å²) in [4.78, 5) is 26.7. The number of aryl methyl sites for hydroxylation is 1. The maximum atomic E-state index is 12.6. The zero-order chi connectivity index (χ0) is 19.6. The molecule has 1 fully saturated rings. The number of benzene rings is 2. The van der Waals surface area contributed by atoms with E-state index < -0.39 is 0 Å². The van der Waals surface area contributed by atoms with Crippen molar-refractivity contribution in [2.75, 3.05) is 16.8 Å². The van der Waals surface area contributed by atoms with Gasteiger partial charge >= 0.3 is 0 Å². The summed E-state index contributed by atoms with van der Waals surface area (Å²) in [5.74, 6) is 0.226. The van der Waals surface area contributed by atoms with Crippen molar-refractivity contribution in [1.29, 1.82) is 0 Å². The van der Waals surface area contributed by atoms with Crippen molar-refractivity contribution in [1.82, 2.24) is 0 Å². The molecule has 6 heteroatoms. The summed E-state index contributed by atoms with van der Waals surface area (Å²) in [6.45, 7) is 6.25. The van der Waals surface area contributed by atoms with Crippen molar-refractivity contribution in [2.45, 2.75) is 33.3 Å². The number of nitrogens with zero attached hydrogens (tertiary/aromatic N) is 1. The zero-order valence-electron chi connectivity index (χ0n) is 15.7. The molecular formula is C21H23BrN2O3. The van der Waals surface area contributed by atoms with Crippen LogP contribution in [0, 0.1) is 12.8 Å². The normalized spacial score (nSPS) is 16.7. The quantitative estimate of drug-likeness (QED) is 0.757. The van der Waals surface area contributed by atoms with E-state index in [1.807, 2.05) is 63.2 Å². The fourth-order valence-electron chi connectivity index (χ4n) is 3.11. The Hall–Kier alpha value is -2.34. The molecule has 2 aromatic rings. The third-order valence-electron chi connectivity index (χ3n) is 4.46. The largest absolute Gasteiger partial charge is 0.491 e. The Balaban J connectivity index is 1.66. The van der Waals surface area contributed by atoms with Crippen LogP contribution in [0.2, 0.25) is 0 Å². The third kappa shape index (κ3) is 4.69. The van der Waals surface area contributed by atoms with Gasteiger partial charge in [-0.05, 0) is 68.8 Å². The highest BCUT2D eigenvalue weighted by Crippen LogP contribution is 2.28. The van der Waals surface area contributed by atoms with E-state index in [-0.39, 0.29) is 30.3 Å². The standard InChI is InChI=1S/C21H23BrN2O3/c1-13(2)27-18-7-5-17(6-8-18)24-12-15(11-20(24)25)21(26)23-19-9-4-16(22)10-14(19)3/h4-10,13,15H,11-12H2,1-3H3,(H,23,26)/t15-/m1/s1. The summed E-state index contributed by atoms with van der Waals surface area (Å²) in [6.07, 6.45) is 0.311. The second-order valence-electron chi connectivity index (χ2n) is 7.01. The van der Waals surface area contributed by atoms with Gasteiger partial charge in [-0.1, -0.05) is 15.9 Å². The first-order valence-corrected chi connectivity index (χ1v) is 9.77. The first kappa shape index (κ1) is 19.4. The van der Waals surface area contributed by atoms with E-state index in [9.17, 15) is 9.59 Å². The van der Waals surface area contributed by atoms with Gasteiger partial charge < -0.3 is 15.0 Å². The van der Waals surface area contributed by atoms with E-state index >= 15 is 0 Å². The minimum atomic E-state index is -0.368. The predicted molar refractivity (Wildman–Crippen MR) is 110 cm³/mol. The topological polar surface area (TPSA) is 58.6 Å². The summed E-state index contributed by atoms with van der Waals surface area (Å²) >= 11 is 3.42. The molecule has 0 saturated carbocycles. The fraction of sp³-hybridized carbons (Fsp3) is 0.333. The maximum absolute atomic E-state index is 12.6. The first-order valence-electron chi connectivity index (χ1n) is 8.97. The molecule has 0 bridgehead atoms. The Bertz CT molecular complexity index is 849. The molecule has 1 heterocycles. The molecule has 0 radical (unpaired) electrons. The van der Waals surface area contributed by atoms with Gasteiger partial charge in [-0.15, -0.1) is 0 Å². The van der Waals surface area contributed by atoms with E-state index in [4.69, 9.17) is 4.74 Å². The lowest BCUT2D eigenvalue weighted by molar-refractivity contribution is -0.122. The molecule has 1 aliphatic heterocycles.